The lowest BCUT2D eigenvalue weighted by atomic mass is 10.4. The molecule has 0 saturated heterocycles. The van der Waals surface area contributed by atoms with Gasteiger partial charge in [0.15, 0.2) is 5.96 Å². The Morgan fingerprint density at radius 1 is 1.17 bits per heavy atom. The molecule has 1 aliphatic carbocycles. The van der Waals surface area contributed by atoms with Gasteiger partial charge in [0.25, 0.3) is 0 Å². The second-order valence-corrected chi connectivity index (χ2v) is 6.06. The summed E-state index contributed by atoms with van der Waals surface area (Å²) in [5, 5.41) is 3.41. The van der Waals surface area contributed by atoms with Crippen LogP contribution in [0.25, 0.3) is 0 Å². The standard InChI is InChI=1S/C16H34N4O2.HI/c1-17-16(18-8-5-9-19(2)10-12-21-4)20(3)11-13-22-14-15-6-7-15;/h15H,5-14H2,1-4H3,(H,17,18);1H. The highest BCUT2D eigenvalue weighted by Crippen LogP contribution is 2.28. The van der Waals surface area contributed by atoms with E-state index in [1.165, 1.54) is 12.8 Å². The zero-order chi connectivity index (χ0) is 16.2. The molecule has 23 heavy (non-hydrogen) atoms. The minimum absolute atomic E-state index is 0. The number of nitrogens with one attached hydrogen (secondary N) is 1. The number of methoxy groups -OCH3 is 1. The summed E-state index contributed by atoms with van der Waals surface area (Å²) in [6.07, 6.45) is 3.78. The number of halogens is 1. The molecule has 1 N–H and O–H groups in total. The number of guanidine groups is 1. The molecule has 1 fully saturated rings. The number of aliphatic imine (C=N–C) groups is 1. The van der Waals surface area contributed by atoms with Crippen molar-refractivity contribution >= 4 is 29.9 Å². The van der Waals surface area contributed by atoms with E-state index in [0.29, 0.717) is 0 Å². The third-order valence-electron chi connectivity index (χ3n) is 3.87. The van der Waals surface area contributed by atoms with Crippen molar-refractivity contribution in [1.82, 2.24) is 15.1 Å². The molecular weight excluding hydrogens is 407 g/mol. The van der Waals surface area contributed by atoms with Crippen LogP contribution in [-0.2, 0) is 9.47 Å². The average Bonchev–Trinajstić information content (AvgIpc) is 3.33. The Hall–Kier alpha value is -0.120. The Labute approximate surface area is 159 Å². The van der Waals surface area contributed by atoms with Crippen LogP contribution in [0.5, 0.6) is 0 Å². The molecule has 0 unspecified atom stereocenters. The highest BCUT2D eigenvalue weighted by atomic mass is 127. The molecule has 0 heterocycles. The summed E-state index contributed by atoms with van der Waals surface area (Å²) >= 11 is 0. The van der Waals surface area contributed by atoms with Gasteiger partial charge in [0.05, 0.1) is 13.2 Å². The average molecular weight is 442 g/mol. The SMILES string of the molecule is CN=C(NCCCN(C)CCOC)N(C)CCOCC1CC1.I. The fourth-order valence-electron chi connectivity index (χ4n) is 2.13. The van der Waals surface area contributed by atoms with Gasteiger partial charge in [-0.2, -0.15) is 0 Å². The van der Waals surface area contributed by atoms with Crippen LogP contribution in [0.1, 0.15) is 19.3 Å². The Balaban J connectivity index is 0.00000484. The van der Waals surface area contributed by atoms with E-state index in [-0.39, 0.29) is 24.0 Å². The fraction of sp³-hybridized carbons (Fsp3) is 0.938. The molecule has 0 aromatic heterocycles. The topological polar surface area (TPSA) is 49.3 Å². The Morgan fingerprint density at radius 2 is 1.91 bits per heavy atom. The van der Waals surface area contributed by atoms with Gasteiger partial charge in [-0.1, -0.05) is 0 Å². The number of hydrogen-bond acceptors (Lipinski definition) is 4. The first kappa shape index (κ1) is 22.9. The molecule has 0 atom stereocenters. The first-order valence-corrected chi connectivity index (χ1v) is 8.34. The van der Waals surface area contributed by atoms with Crippen molar-refractivity contribution in [1.29, 1.82) is 0 Å². The summed E-state index contributed by atoms with van der Waals surface area (Å²) < 4.78 is 10.8. The third kappa shape index (κ3) is 12.0. The monoisotopic (exact) mass is 442 g/mol. The molecule has 0 aromatic rings. The Morgan fingerprint density at radius 3 is 2.52 bits per heavy atom. The lowest BCUT2D eigenvalue weighted by Crippen LogP contribution is -2.41. The Kier molecular flexibility index (Phi) is 14.2. The van der Waals surface area contributed by atoms with Gasteiger partial charge in [-0.25, -0.2) is 0 Å². The zero-order valence-electron chi connectivity index (χ0n) is 15.2. The summed E-state index contributed by atoms with van der Waals surface area (Å²) in [5.74, 6) is 1.77. The molecule has 1 saturated carbocycles. The van der Waals surface area contributed by atoms with Crippen LogP contribution in [0.3, 0.4) is 0 Å². The minimum Gasteiger partial charge on any atom is -0.383 e. The van der Waals surface area contributed by atoms with E-state index in [0.717, 1.165) is 64.3 Å². The highest BCUT2D eigenvalue weighted by molar-refractivity contribution is 14.0. The minimum atomic E-state index is 0. The lowest BCUT2D eigenvalue weighted by molar-refractivity contribution is 0.115. The van der Waals surface area contributed by atoms with Gasteiger partial charge in [-0.15, -0.1) is 24.0 Å². The lowest BCUT2D eigenvalue weighted by Gasteiger charge is -2.22. The van der Waals surface area contributed by atoms with Crippen molar-refractivity contribution in [3.63, 3.8) is 0 Å². The van der Waals surface area contributed by atoms with Gasteiger partial charge in [-0.3, -0.25) is 4.99 Å². The van der Waals surface area contributed by atoms with E-state index in [2.05, 4.69) is 34.2 Å². The molecule has 0 aliphatic heterocycles. The van der Waals surface area contributed by atoms with Crippen LogP contribution in [0.2, 0.25) is 0 Å². The molecule has 138 valence electrons. The highest BCUT2D eigenvalue weighted by Gasteiger charge is 2.21. The molecule has 0 bridgehead atoms. The van der Waals surface area contributed by atoms with Crippen molar-refractivity contribution in [2.24, 2.45) is 10.9 Å². The van der Waals surface area contributed by atoms with E-state index < -0.39 is 0 Å². The number of ether oxygens (including phenoxy) is 2. The third-order valence-corrected chi connectivity index (χ3v) is 3.87. The predicted octanol–water partition coefficient (Wildman–Crippen LogP) is 1.51. The van der Waals surface area contributed by atoms with E-state index >= 15 is 0 Å². The van der Waals surface area contributed by atoms with Crippen molar-refractivity contribution in [3.05, 3.63) is 0 Å². The zero-order valence-corrected chi connectivity index (χ0v) is 17.5. The fourth-order valence-corrected chi connectivity index (χ4v) is 2.13. The van der Waals surface area contributed by atoms with Gasteiger partial charge < -0.3 is 24.6 Å². The van der Waals surface area contributed by atoms with Crippen LogP contribution in [0.4, 0.5) is 0 Å². The van der Waals surface area contributed by atoms with Gasteiger partial charge in [0.1, 0.15) is 0 Å². The molecule has 7 heteroatoms. The van der Waals surface area contributed by atoms with Crippen LogP contribution in [0, 0.1) is 5.92 Å². The second-order valence-electron chi connectivity index (χ2n) is 6.06. The summed E-state index contributed by atoms with van der Waals surface area (Å²) in [4.78, 5) is 8.73. The second kappa shape index (κ2) is 14.2. The number of rotatable bonds is 12. The van der Waals surface area contributed by atoms with Crippen molar-refractivity contribution in [2.75, 3.05) is 74.3 Å². The van der Waals surface area contributed by atoms with Gasteiger partial charge in [0.2, 0.25) is 0 Å². The van der Waals surface area contributed by atoms with Gasteiger partial charge >= 0.3 is 0 Å². The molecule has 0 spiro atoms. The van der Waals surface area contributed by atoms with Crippen LogP contribution >= 0.6 is 24.0 Å². The summed E-state index contributed by atoms with van der Waals surface area (Å²) in [6.45, 7) is 6.32. The first-order valence-electron chi connectivity index (χ1n) is 8.34. The molecule has 0 amide bonds. The van der Waals surface area contributed by atoms with E-state index in [9.17, 15) is 0 Å². The molecule has 1 rings (SSSR count). The molecule has 0 aromatic carbocycles. The quantitative estimate of drug-likeness (QED) is 0.215. The molecular formula is C16H35IN4O2. The molecule has 6 nitrogen and oxygen atoms in total. The largest absolute Gasteiger partial charge is 0.383 e. The number of hydrogen-bond donors (Lipinski definition) is 1. The van der Waals surface area contributed by atoms with E-state index in [1.54, 1.807) is 7.11 Å². The Bertz CT molecular complexity index is 314. The maximum Gasteiger partial charge on any atom is 0.193 e. The van der Waals surface area contributed by atoms with Crippen molar-refractivity contribution in [3.8, 4) is 0 Å². The van der Waals surface area contributed by atoms with Crippen LogP contribution in [-0.4, -0.2) is 90.0 Å². The van der Waals surface area contributed by atoms with E-state index in [1.807, 2.05) is 7.05 Å². The maximum absolute atomic E-state index is 5.67. The summed E-state index contributed by atoms with van der Waals surface area (Å²) in [5.41, 5.74) is 0. The van der Waals surface area contributed by atoms with Crippen molar-refractivity contribution in [2.45, 2.75) is 19.3 Å². The van der Waals surface area contributed by atoms with Crippen LogP contribution < -0.4 is 5.32 Å². The smallest absolute Gasteiger partial charge is 0.193 e. The summed E-state index contributed by atoms with van der Waals surface area (Å²) in [6, 6.07) is 0. The molecule has 1 aliphatic rings. The summed E-state index contributed by atoms with van der Waals surface area (Å²) in [7, 11) is 7.75. The number of nitrogens with zero attached hydrogens (tertiary/aromatic N) is 3. The van der Waals surface area contributed by atoms with E-state index in [4.69, 9.17) is 9.47 Å². The predicted molar refractivity (Wildman–Crippen MR) is 107 cm³/mol. The van der Waals surface area contributed by atoms with Crippen LogP contribution in [0.15, 0.2) is 4.99 Å². The molecule has 0 radical (unpaired) electrons. The first-order chi connectivity index (χ1) is 10.7. The van der Waals surface area contributed by atoms with Crippen molar-refractivity contribution < 1.29 is 9.47 Å². The van der Waals surface area contributed by atoms with Gasteiger partial charge in [0, 0.05) is 47.4 Å². The number of likely N-dealkylation sites (N-methyl/N-ethyl adjacent to an activating group) is 2. The normalized spacial score (nSPS) is 14.7. The maximum atomic E-state index is 5.67. The van der Waals surface area contributed by atoms with Gasteiger partial charge in [-0.05, 0) is 38.8 Å².